The van der Waals surface area contributed by atoms with E-state index in [1.165, 1.54) is 13.8 Å². The maximum absolute atomic E-state index is 11.1. The molecule has 0 bridgehead atoms. The molecule has 0 aliphatic carbocycles. The second-order valence-electron chi connectivity index (χ2n) is 2.62. The molecule has 0 aromatic carbocycles. The van der Waals surface area contributed by atoms with Crippen LogP contribution in [0.15, 0.2) is 0 Å². The van der Waals surface area contributed by atoms with Crippen LogP contribution in [0.5, 0.6) is 0 Å². The lowest BCUT2D eigenvalue weighted by Crippen LogP contribution is -2.20. The highest BCUT2D eigenvalue weighted by molar-refractivity contribution is 9.09. The molecule has 14 heavy (non-hydrogen) atoms. The van der Waals surface area contributed by atoms with E-state index in [0.717, 1.165) is 0 Å². The fraction of sp³-hybridized carbons (Fsp3) is 1.00. The molecule has 8 heteroatoms. The minimum Gasteiger partial charge on any atom is -0.390 e. The van der Waals surface area contributed by atoms with Crippen molar-refractivity contribution in [1.82, 2.24) is 0 Å². The quantitative estimate of drug-likeness (QED) is 0.562. The Morgan fingerprint density at radius 3 is 1.57 bits per heavy atom. The van der Waals surface area contributed by atoms with Crippen molar-refractivity contribution in [3.8, 4) is 0 Å². The van der Waals surface area contributed by atoms with Gasteiger partial charge in [-0.3, -0.25) is 0 Å². The number of alkyl halides is 2. The Morgan fingerprint density at radius 1 is 1.07 bits per heavy atom. The number of hydrogen-bond donors (Lipinski definition) is 2. The topological polar surface area (TPSA) is 76.0 Å². The van der Waals surface area contributed by atoms with Gasteiger partial charge >= 0.3 is 8.25 Å². The second kappa shape index (κ2) is 7.22. The summed E-state index contributed by atoms with van der Waals surface area (Å²) in [6, 6.07) is 0. The molecule has 4 atom stereocenters. The van der Waals surface area contributed by atoms with Crippen LogP contribution in [0.3, 0.4) is 0 Å². The van der Waals surface area contributed by atoms with E-state index in [1.54, 1.807) is 0 Å². The first-order valence-corrected chi connectivity index (χ1v) is 6.72. The largest absolute Gasteiger partial charge is 0.699 e. The van der Waals surface area contributed by atoms with Crippen molar-refractivity contribution in [3.63, 3.8) is 0 Å². The van der Waals surface area contributed by atoms with Crippen molar-refractivity contribution in [3.05, 3.63) is 0 Å². The summed E-state index contributed by atoms with van der Waals surface area (Å²) in [4.78, 5) is 0. The van der Waals surface area contributed by atoms with Crippen LogP contribution < -0.4 is 0 Å². The van der Waals surface area contributed by atoms with E-state index >= 15 is 0 Å². The molecule has 0 saturated heterocycles. The minimum absolute atomic E-state index is 0.764. The summed E-state index contributed by atoms with van der Waals surface area (Å²) in [5.74, 6) is 0. The van der Waals surface area contributed by atoms with Crippen molar-refractivity contribution in [2.24, 2.45) is 0 Å². The molecule has 0 aliphatic heterocycles. The fourth-order valence-electron chi connectivity index (χ4n) is 0.365. The highest BCUT2D eigenvalue weighted by Crippen LogP contribution is 2.33. The third-order valence-corrected chi connectivity index (χ3v) is 4.41. The molecule has 0 unspecified atom stereocenters. The van der Waals surface area contributed by atoms with Crippen molar-refractivity contribution in [1.29, 1.82) is 0 Å². The van der Waals surface area contributed by atoms with E-state index in [0.29, 0.717) is 0 Å². The zero-order valence-electron chi connectivity index (χ0n) is 7.63. The van der Waals surface area contributed by atoms with Crippen molar-refractivity contribution in [2.45, 2.75) is 36.1 Å². The predicted octanol–water partition coefficient (Wildman–Crippen LogP) is 1.88. The van der Waals surface area contributed by atoms with Gasteiger partial charge in [-0.05, 0) is 45.7 Å². The number of halogens is 2. The average molecular weight is 355 g/mol. The van der Waals surface area contributed by atoms with Gasteiger partial charge in [0.05, 0.1) is 12.2 Å². The SMILES string of the molecule is C[C@@H](O)[C@H](Br)O[P+](=O)O[C@@H](Br)[C@@H](C)O. The average Bonchev–Trinajstić information content (AvgIpc) is 2.03. The van der Waals surface area contributed by atoms with E-state index in [2.05, 4.69) is 31.9 Å². The van der Waals surface area contributed by atoms with E-state index in [4.69, 9.17) is 19.3 Å². The lowest BCUT2D eigenvalue weighted by Gasteiger charge is -2.07. The Balaban J connectivity index is 3.87. The monoisotopic (exact) mass is 353 g/mol. The summed E-state index contributed by atoms with van der Waals surface area (Å²) in [6.45, 7) is 2.95. The lowest BCUT2D eigenvalue weighted by molar-refractivity contribution is 0.0710. The van der Waals surface area contributed by atoms with Gasteiger partial charge in [-0.1, -0.05) is 0 Å². The third-order valence-electron chi connectivity index (χ3n) is 1.13. The van der Waals surface area contributed by atoms with Crippen LogP contribution in [-0.4, -0.2) is 32.4 Å². The summed E-state index contributed by atoms with van der Waals surface area (Å²) in [5.41, 5.74) is 0. The Kier molecular flexibility index (Phi) is 7.68. The fourth-order valence-corrected chi connectivity index (χ4v) is 1.92. The van der Waals surface area contributed by atoms with Gasteiger partial charge in [0.25, 0.3) is 0 Å². The standard InChI is InChI=1S/C6H12Br2O5P/c1-3(9)5(7)12-14(11)13-6(8)4(2)10/h3-6,9-10H,1-2H3/q+1/t3-,4-,5-,6-/m1/s1. The highest BCUT2D eigenvalue weighted by atomic mass is 79.9. The summed E-state index contributed by atoms with van der Waals surface area (Å²) in [7, 11) is -2.39. The van der Waals surface area contributed by atoms with Crippen LogP contribution in [0.2, 0.25) is 0 Å². The predicted molar refractivity (Wildman–Crippen MR) is 58.6 cm³/mol. The summed E-state index contributed by atoms with van der Waals surface area (Å²) in [5, 5.41) is 16.5. The summed E-state index contributed by atoms with van der Waals surface area (Å²) in [6.07, 6.45) is -1.62. The van der Waals surface area contributed by atoms with Crippen LogP contribution >= 0.6 is 40.1 Å². The number of aliphatic hydroxyl groups is 2. The number of aliphatic hydroxyl groups excluding tert-OH is 2. The molecule has 0 amide bonds. The van der Waals surface area contributed by atoms with Crippen LogP contribution in [-0.2, 0) is 13.6 Å². The van der Waals surface area contributed by atoms with Gasteiger partial charge in [0.2, 0.25) is 0 Å². The Labute approximate surface area is 100.0 Å². The van der Waals surface area contributed by atoms with Gasteiger partial charge in [0.1, 0.15) is 0 Å². The molecular weight excluding hydrogens is 343 g/mol. The van der Waals surface area contributed by atoms with Gasteiger partial charge in [-0.15, -0.1) is 9.05 Å². The van der Waals surface area contributed by atoms with Crippen molar-refractivity contribution in [2.75, 3.05) is 0 Å². The van der Waals surface area contributed by atoms with Crippen LogP contribution in [0.4, 0.5) is 0 Å². The minimum atomic E-state index is -2.39. The van der Waals surface area contributed by atoms with Gasteiger partial charge in [-0.2, -0.15) is 0 Å². The first-order valence-electron chi connectivity index (χ1n) is 3.79. The molecule has 0 aliphatic rings. The third kappa shape index (κ3) is 6.40. The molecule has 5 nitrogen and oxygen atoms in total. The van der Waals surface area contributed by atoms with Gasteiger partial charge in [0.15, 0.2) is 10.0 Å². The van der Waals surface area contributed by atoms with E-state index in [1.807, 2.05) is 0 Å². The molecule has 2 N–H and O–H groups in total. The number of hydrogen-bond acceptors (Lipinski definition) is 5. The maximum Gasteiger partial charge on any atom is 0.699 e. The summed E-state index contributed by atoms with van der Waals surface area (Å²) < 4.78 is 20.6. The first kappa shape index (κ1) is 14.9. The van der Waals surface area contributed by atoms with Crippen LogP contribution in [0.25, 0.3) is 0 Å². The maximum atomic E-state index is 11.1. The van der Waals surface area contributed by atoms with Crippen molar-refractivity contribution < 1.29 is 23.8 Å². The molecule has 0 fully saturated rings. The van der Waals surface area contributed by atoms with E-state index < -0.39 is 30.5 Å². The molecule has 0 rings (SSSR count). The van der Waals surface area contributed by atoms with E-state index in [9.17, 15) is 4.57 Å². The molecule has 84 valence electrons. The molecule has 0 radical (unpaired) electrons. The zero-order chi connectivity index (χ0) is 11.3. The van der Waals surface area contributed by atoms with Gasteiger partial charge < -0.3 is 10.2 Å². The molecule has 0 aromatic rings. The van der Waals surface area contributed by atoms with Crippen LogP contribution in [0, 0.1) is 0 Å². The lowest BCUT2D eigenvalue weighted by atomic mass is 10.5. The molecular formula is C6H12Br2O5P+. The Bertz CT molecular complexity index is 171. The Morgan fingerprint density at radius 2 is 1.36 bits per heavy atom. The van der Waals surface area contributed by atoms with Gasteiger partial charge in [0, 0.05) is 4.57 Å². The second-order valence-corrected chi connectivity index (χ2v) is 5.29. The zero-order valence-corrected chi connectivity index (χ0v) is 11.7. The van der Waals surface area contributed by atoms with Crippen LogP contribution in [0.1, 0.15) is 13.8 Å². The Hall–Kier alpha value is 0.900. The highest BCUT2D eigenvalue weighted by Gasteiger charge is 2.33. The summed E-state index contributed by atoms with van der Waals surface area (Å²) >= 11 is 5.91. The smallest absolute Gasteiger partial charge is 0.390 e. The van der Waals surface area contributed by atoms with Crippen molar-refractivity contribution >= 4 is 40.1 Å². The molecule has 0 saturated carbocycles. The first-order chi connectivity index (χ1) is 6.34. The molecule has 0 spiro atoms. The normalized spacial score (nSPS) is 19.9. The van der Waals surface area contributed by atoms with Gasteiger partial charge in [-0.25, -0.2) is 0 Å². The molecule has 0 aromatic heterocycles. The number of rotatable bonds is 6. The molecule has 0 heterocycles. The van der Waals surface area contributed by atoms with E-state index in [-0.39, 0.29) is 0 Å².